The van der Waals surface area contributed by atoms with E-state index in [9.17, 15) is 4.79 Å². The molecular formula is C16H19ClN4O3. The lowest BCUT2D eigenvalue weighted by atomic mass is 10.2. The molecule has 1 saturated heterocycles. The Bertz CT molecular complexity index is 702. The summed E-state index contributed by atoms with van der Waals surface area (Å²) < 4.78 is 10.7. The molecule has 1 N–H and O–H groups in total. The van der Waals surface area contributed by atoms with E-state index in [2.05, 4.69) is 15.5 Å². The van der Waals surface area contributed by atoms with E-state index in [1.54, 1.807) is 29.2 Å². The van der Waals surface area contributed by atoms with E-state index >= 15 is 0 Å². The third-order valence-electron chi connectivity index (χ3n) is 3.73. The molecule has 128 valence electrons. The average Bonchev–Trinajstić information content (AvgIpc) is 3.07. The molecule has 0 spiro atoms. The Labute approximate surface area is 144 Å². The standard InChI is InChI=1S/C16H19ClN4O3/c1-10(2)15-19-14(20-24-15)13-9-23-8-7-21(13)16(22)18-12-5-3-11(17)4-6-12/h3-6,10,13H,7-9H2,1-2H3,(H,18,22). The topological polar surface area (TPSA) is 80.5 Å². The zero-order chi connectivity index (χ0) is 17.1. The molecule has 2 aromatic rings. The van der Waals surface area contributed by atoms with Crippen molar-refractivity contribution >= 4 is 23.3 Å². The zero-order valence-corrected chi connectivity index (χ0v) is 14.3. The molecule has 24 heavy (non-hydrogen) atoms. The summed E-state index contributed by atoms with van der Waals surface area (Å²) in [6.07, 6.45) is 0. The van der Waals surface area contributed by atoms with Gasteiger partial charge in [0.2, 0.25) is 5.89 Å². The van der Waals surface area contributed by atoms with Gasteiger partial charge in [0.1, 0.15) is 6.04 Å². The molecule has 8 heteroatoms. The van der Waals surface area contributed by atoms with Crippen LogP contribution in [0.3, 0.4) is 0 Å². The number of aromatic nitrogens is 2. The predicted molar refractivity (Wildman–Crippen MR) is 89.1 cm³/mol. The van der Waals surface area contributed by atoms with Crippen molar-refractivity contribution in [3.63, 3.8) is 0 Å². The summed E-state index contributed by atoms with van der Waals surface area (Å²) in [5.74, 6) is 1.14. The lowest BCUT2D eigenvalue weighted by Crippen LogP contribution is -2.45. The third kappa shape index (κ3) is 3.68. The molecule has 1 atom stereocenters. The highest BCUT2D eigenvalue weighted by atomic mass is 35.5. The van der Waals surface area contributed by atoms with Gasteiger partial charge in [0, 0.05) is 23.2 Å². The number of nitrogens with zero attached hydrogens (tertiary/aromatic N) is 3. The Balaban J connectivity index is 1.75. The molecule has 1 aromatic heterocycles. The lowest BCUT2D eigenvalue weighted by molar-refractivity contribution is 0.0110. The van der Waals surface area contributed by atoms with Gasteiger partial charge in [0.15, 0.2) is 5.82 Å². The van der Waals surface area contributed by atoms with Crippen LogP contribution < -0.4 is 5.32 Å². The molecule has 1 unspecified atom stereocenters. The van der Waals surface area contributed by atoms with Crippen molar-refractivity contribution in [2.45, 2.75) is 25.8 Å². The van der Waals surface area contributed by atoms with Crippen LogP contribution in [0.5, 0.6) is 0 Å². The van der Waals surface area contributed by atoms with Gasteiger partial charge in [-0.3, -0.25) is 0 Å². The van der Waals surface area contributed by atoms with Gasteiger partial charge in [-0.1, -0.05) is 30.6 Å². The highest BCUT2D eigenvalue weighted by Crippen LogP contribution is 2.25. The largest absolute Gasteiger partial charge is 0.377 e. The molecule has 0 bridgehead atoms. The number of nitrogens with one attached hydrogen (secondary N) is 1. The molecule has 3 rings (SSSR count). The number of morpholine rings is 1. The highest BCUT2D eigenvalue weighted by Gasteiger charge is 2.32. The molecule has 2 amide bonds. The van der Waals surface area contributed by atoms with Gasteiger partial charge in [-0.2, -0.15) is 4.98 Å². The smallest absolute Gasteiger partial charge is 0.322 e. The quantitative estimate of drug-likeness (QED) is 0.916. The Morgan fingerprint density at radius 1 is 1.38 bits per heavy atom. The van der Waals surface area contributed by atoms with Crippen LogP contribution >= 0.6 is 11.6 Å². The summed E-state index contributed by atoms with van der Waals surface area (Å²) in [6, 6.07) is 6.34. The molecule has 0 aliphatic carbocycles. The number of carbonyl (C=O) groups excluding carboxylic acids is 1. The first-order valence-corrected chi connectivity index (χ1v) is 8.17. The van der Waals surface area contributed by atoms with E-state index in [-0.39, 0.29) is 18.0 Å². The first-order chi connectivity index (χ1) is 11.5. The van der Waals surface area contributed by atoms with Crippen LogP contribution in [0.2, 0.25) is 5.02 Å². The van der Waals surface area contributed by atoms with Gasteiger partial charge in [-0.25, -0.2) is 4.79 Å². The van der Waals surface area contributed by atoms with Gasteiger partial charge in [0.25, 0.3) is 0 Å². The summed E-state index contributed by atoms with van der Waals surface area (Å²) in [6.45, 7) is 5.21. The number of carbonyl (C=O) groups is 1. The SMILES string of the molecule is CC(C)c1nc(C2COCCN2C(=O)Nc2ccc(Cl)cc2)no1. The van der Waals surface area contributed by atoms with Crippen LogP contribution in [0.25, 0.3) is 0 Å². The molecule has 1 aliphatic rings. The minimum atomic E-state index is -0.373. The number of rotatable bonds is 3. The third-order valence-corrected chi connectivity index (χ3v) is 3.99. The van der Waals surface area contributed by atoms with Gasteiger partial charge >= 0.3 is 6.03 Å². The van der Waals surface area contributed by atoms with Crippen molar-refractivity contribution in [2.24, 2.45) is 0 Å². The van der Waals surface area contributed by atoms with E-state index < -0.39 is 0 Å². The summed E-state index contributed by atoms with van der Waals surface area (Å²) in [5.41, 5.74) is 0.672. The number of hydrogen-bond acceptors (Lipinski definition) is 5. The second-order valence-corrected chi connectivity index (χ2v) is 6.30. The van der Waals surface area contributed by atoms with E-state index in [0.717, 1.165) is 0 Å². The fraction of sp³-hybridized carbons (Fsp3) is 0.438. The van der Waals surface area contributed by atoms with Crippen molar-refractivity contribution in [1.82, 2.24) is 15.0 Å². The molecule has 2 heterocycles. The first-order valence-electron chi connectivity index (χ1n) is 7.79. The van der Waals surface area contributed by atoms with Crippen molar-refractivity contribution in [3.05, 3.63) is 41.0 Å². The summed E-state index contributed by atoms with van der Waals surface area (Å²) in [7, 11) is 0. The molecule has 0 radical (unpaired) electrons. The monoisotopic (exact) mass is 350 g/mol. The fourth-order valence-electron chi connectivity index (χ4n) is 2.41. The molecule has 7 nitrogen and oxygen atoms in total. The first kappa shape index (κ1) is 16.7. The zero-order valence-electron chi connectivity index (χ0n) is 13.5. The average molecular weight is 351 g/mol. The number of urea groups is 1. The Kier molecular flexibility index (Phi) is 5.01. The summed E-state index contributed by atoms with van der Waals surface area (Å²) in [5, 5.41) is 7.48. The molecular weight excluding hydrogens is 332 g/mol. The summed E-state index contributed by atoms with van der Waals surface area (Å²) >= 11 is 5.86. The van der Waals surface area contributed by atoms with Crippen LogP contribution in [0, 0.1) is 0 Å². The van der Waals surface area contributed by atoms with E-state index in [4.69, 9.17) is 20.9 Å². The van der Waals surface area contributed by atoms with Gasteiger partial charge in [-0.15, -0.1) is 0 Å². The second-order valence-electron chi connectivity index (χ2n) is 5.87. The minimum absolute atomic E-state index is 0.132. The van der Waals surface area contributed by atoms with Crippen LogP contribution in [0.1, 0.15) is 37.5 Å². The minimum Gasteiger partial charge on any atom is -0.377 e. The normalized spacial score (nSPS) is 18.0. The number of amides is 2. The molecule has 1 aliphatic heterocycles. The number of ether oxygens (including phenoxy) is 1. The maximum atomic E-state index is 12.6. The van der Waals surface area contributed by atoms with E-state index in [0.29, 0.717) is 42.2 Å². The Morgan fingerprint density at radius 3 is 2.79 bits per heavy atom. The molecule has 1 aromatic carbocycles. The maximum Gasteiger partial charge on any atom is 0.322 e. The lowest BCUT2D eigenvalue weighted by Gasteiger charge is -2.33. The fourth-order valence-corrected chi connectivity index (χ4v) is 2.53. The Hall–Kier alpha value is -2.12. The number of anilines is 1. The van der Waals surface area contributed by atoms with Crippen molar-refractivity contribution in [2.75, 3.05) is 25.1 Å². The van der Waals surface area contributed by atoms with Crippen molar-refractivity contribution < 1.29 is 14.1 Å². The van der Waals surface area contributed by atoms with Crippen LogP contribution in [0.4, 0.5) is 10.5 Å². The van der Waals surface area contributed by atoms with Crippen molar-refractivity contribution in [1.29, 1.82) is 0 Å². The number of benzene rings is 1. The van der Waals surface area contributed by atoms with E-state index in [1.165, 1.54) is 0 Å². The highest BCUT2D eigenvalue weighted by molar-refractivity contribution is 6.30. The molecule has 0 saturated carbocycles. The van der Waals surface area contributed by atoms with Gasteiger partial charge in [-0.05, 0) is 24.3 Å². The van der Waals surface area contributed by atoms with Crippen LogP contribution in [-0.2, 0) is 4.74 Å². The maximum absolute atomic E-state index is 12.6. The Morgan fingerprint density at radius 2 is 2.12 bits per heavy atom. The summed E-state index contributed by atoms with van der Waals surface area (Å²) in [4.78, 5) is 18.7. The predicted octanol–water partition coefficient (Wildman–Crippen LogP) is 3.45. The van der Waals surface area contributed by atoms with Gasteiger partial charge < -0.3 is 19.5 Å². The number of hydrogen-bond donors (Lipinski definition) is 1. The molecule has 1 fully saturated rings. The van der Waals surface area contributed by atoms with Crippen molar-refractivity contribution in [3.8, 4) is 0 Å². The van der Waals surface area contributed by atoms with E-state index in [1.807, 2.05) is 13.8 Å². The van der Waals surface area contributed by atoms with Crippen LogP contribution in [0.15, 0.2) is 28.8 Å². The van der Waals surface area contributed by atoms with Crippen LogP contribution in [-0.4, -0.2) is 40.8 Å². The van der Waals surface area contributed by atoms with Gasteiger partial charge in [0.05, 0.1) is 13.2 Å². The second kappa shape index (κ2) is 7.19. The number of halogens is 1.